The third-order valence-corrected chi connectivity index (χ3v) is 3.50. The molecule has 1 rings (SSSR count). The second-order valence-corrected chi connectivity index (χ2v) is 6.14. The summed E-state index contributed by atoms with van der Waals surface area (Å²) in [5.41, 5.74) is -0.0437. The Morgan fingerprint density at radius 3 is 2.42 bits per heavy atom. The van der Waals surface area contributed by atoms with Crippen LogP contribution in [0.5, 0.6) is 0 Å². The lowest BCUT2D eigenvalue weighted by Crippen LogP contribution is -2.31. The summed E-state index contributed by atoms with van der Waals surface area (Å²) in [4.78, 5) is 22.1. The second-order valence-electron chi connectivity index (χ2n) is 6.14. The zero-order valence-corrected chi connectivity index (χ0v) is 12.0. The van der Waals surface area contributed by atoms with E-state index in [-0.39, 0.29) is 17.7 Å². The van der Waals surface area contributed by atoms with Crippen LogP contribution in [0, 0.1) is 5.41 Å². The van der Waals surface area contributed by atoms with Gasteiger partial charge in [0.15, 0.2) is 0 Å². The van der Waals surface area contributed by atoms with Gasteiger partial charge in [-0.15, -0.1) is 0 Å². The van der Waals surface area contributed by atoms with E-state index in [0.29, 0.717) is 25.4 Å². The normalized spacial score (nSPS) is 15.3. The molecule has 1 aliphatic rings. The summed E-state index contributed by atoms with van der Waals surface area (Å²) >= 11 is 0. The minimum absolute atomic E-state index is 0.0437. The molecule has 19 heavy (non-hydrogen) atoms. The summed E-state index contributed by atoms with van der Waals surface area (Å²) in [5.74, 6) is -0.689. The number of hydrogen-bond acceptors (Lipinski definition) is 3. The zero-order valence-electron chi connectivity index (χ0n) is 12.0. The van der Waals surface area contributed by atoms with E-state index < -0.39 is 5.97 Å². The highest BCUT2D eigenvalue weighted by Crippen LogP contribution is 2.25. The molecule has 0 aromatic rings. The van der Waals surface area contributed by atoms with E-state index in [0.717, 1.165) is 13.0 Å². The topological polar surface area (TPSA) is 78.4 Å². The van der Waals surface area contributed by atoms with E-state index in [1.165, 1.54) is 12.8 Å². The van der Waals surface area contributed by atoms with Gasteiger partial charge in [0.25, 0.3) is 0 Å². The van der Waals surface area contributed by atoms with Crippen LogP contribution in [0.2, 0.25) is 0 Å². The van der Waals surface area contributed by atoms with Crippen LogP contribution < -0.4 is 10.6 Å². The maximum Gasteiger partial charge on any atom is 0.303 e. The van der Waals surface area contributed by atoms with Crippen LogP contribution in [0.4, 0.5) is 0 Å². The Kier molecular flexibility index (Phi) is 6.28. The Balaban J connectivity index is 2.03. The molecule has 0 spiro atoms. The molecule has 1 saturated carbocycles. The van der Waals surface area contributed by atoms with Gasteiger partial charge in [-0.25, -0.2) is 0 Å². The molecular formula is C14H26N2O3. The summed E-state index contributed by atoms with van der Waals surface area (Å²) in [7, 11) is 0. The lowest BCUT2D eigenvalue weighted by Gasteiger charge is -2.23. The standard InChI is InChI=1S/C14H26N2O3/c1-14(2,7-5-13(18)19)8-10-16-12(17)6-9-15-11-3-4-11/h11,15H,3-10H2,1-2H3,(H,16,17)(H,18,19). The highest BCUT2D eigenvalue weighted by atomic mass is 16.4. The van der Waals surface area contributed by atoms with Crippen molar-refractivity contribution in [1.82, 2.24) is 10.6 Å². The predicted molar refractivity (Wildman–Crippen MR) is 73.9 cm³/mol. The summed E-state index contributed by atoms with van der Waals surface area (Å²) in [6, 6.07) is 0.641. The van der Waals surface area contributed by atoms with Crippen LogP contribution in [0.1, 0.15) is 52.4 Å². The third kappa shape index (κ3) is 8.59. The van der Waals surface area contributed by atoms with Gasteiger partial charge >= 0.3 is 5.97 Å². The molecule has 0 unspecified atom stereocenters. The third-order valence-electron chi connectivity index (χ3n) is 3.50. The Hall–Kier alpha value is -1.10. The summed E-state index contributed by atoms with van der Waals surface area (Å²) in [6.45, 7) is 5.45. The molecule has 1 fully saturated rings. The Morgan fingerprint density at radius 2 is 1.84 bits per heavy atom. The molecule has 5 nitrogen and oxygen atoms in total. The fraction of sp³-hybridized carbons (Fsp3) is 0.857. The average Bonchev–Trinajstić information content (AvgIpc) is 3.10. The number of hydrogen-bond donors (Lipinski definition) is 3. The summed E-state index contributed by atoms with van der Waals surface area (Å²) in [5, 5.41) is 14.9. The van der Waals surface area contributed by atoms with Crippen molar-refractivity contribution in [3.8, 4) is 0 Å². The summed E-state index contributed by atoms with van der Waals surface area (Å²) < 4.78 is 0. The van der Waals surface area contributed by atoms with Gasteiger partial charge < -0.3 is 15.7 Å². The van der Waals surface area contributed by atoms with Crippen molar-refractivity contribution in [2.45, 2.75) is 58.4 Å². The van der Waals surface area contributed by atoms with E-state index in [2.05, 4.69) is 10.6 Å². The Labute approximate surface area is 115 Å². The van der Waals surface area contributed by atoms with Crippen LogP contribution in [0.15, 0.2) is 0 Å². The molecule has 0 atom stereocenters. The average molecular weight is 270 g/mol. The van der Waals surface area contributed by atoms with Gasteiger partial charge in [0.1, 0.15) is 0 Å². The molecular weight excluding hydrogens is 244 g/mol. The predicted octanol–water partition coefficient (Wildman–Crippen LogP) is 1.53. The first-order valence-corrected chi connectivity index (χ1v) is 7.11. The van der Waals surface area contributed by atoms with E-state index in [9.17, 15) is 9.59 Å². The molecule has 1 aliphatic carbocycles. The molecule has 0 radical (unpaired) electrons. The number of carbonyl (C=O) groups is 2. The Bertz CT molecular complexity index is 312. The van der Waals surface area contributed by atoms with Crippen LogP contribution in [-0.4, -0.2) is 36.1 Å². The molecule has 0 bridgehead atoms. The second kappa shape index (κ2) is 7.48. The fourth-order valence-corrected chi connectivity index (χ4v) is 1.88. The highest BCUT2D eigenvalue weighted by Gasteiger charge is 2.21. The molecule has 1 amide bonds. The van der Waals surface area contributed by atoms with Crippen LogP contribution in [-0.2, 0) is 9.59 Å². The van der Waals surface area contributed by atoms with Crippen molar-refractivity contribution in [3.05, 3.63) is 0 Å². The number of carboxylic acids is 1. The van der Waals surface area contributed by atoms with Crippen molar-refractivity contribution in [1.29, 1.82) is 0 Å². The maximum atomic E-state index is 11.6. The van der Waals surface area contributed by atoms with Gasteiger partial charge in [-0.2, -0.15) is 0 Å². The van der Waals surface area contributed by atoms with Gasteiger partial charge in [0, 0.05) is 32.0 Å². The number of aliphatic carboxylic acids is 1. The quantitative estimate of drug-likeness (QED) is 0.562. The molecule has 0 aromatic heterocycles. The molecule has 0 aliphatic heterocycles. The van der Waals surface area contributed by atoms with Crippen LogP contribution in [0.25, 0.3) is 0 Å². The van der Waals surface area contributed by atoms with Gasteiger partial charge in [0.2, 0.25) is 5.91 Å². The first-order valence-electron chi connectivity index (χ1n) is 7.11. The van der Waals surface area contributed by atoms with Crippen molar-refractivity contribution >= 4 is 11.9 Å². The van der Waals surface area contributed by atoms with Crippen molar-refractivity contribution in [3.63, 3.8) is 0 Å². The van der Waals surface area contributed by atoms with Gasteiger partial charge in [-0.05, 0) is 31.1 Å². The van der Waals surface area contributed by atoms with Crippen molar-refractivity contribution in [2.24, 2.45) is 5.41 Å². The first-order chi connectivity index (χ1) is 8.89. The Morgan fingerprint density at radius 1 is 1.16 bits per heavy atom. The number of amides is 1. The van der Waals surface area contributed by atoms with Crippen molar-refractivity contribution in [2.75, 3.05) is 13.1 Å². The molecule has 0 aromatic carbocycles. The lowest BCUT2D eigenvalue weighted by molar-refractivity contribution is -0.137. The molecule has 110 valence electrons. The van der Waals surface area contributed by atoms with Gasteiger partial charge in [0.05, 0.1) is 0 Å². The van der Waals surface area contributed by atoms with E-state index >= 15 is 0 Å². The summed E-state index contributed by atoms with van der Waals surface area (Å²) in [6.07, 6.45) is 4.63. The number of nitrogens with one attached hydrogen (secondary N) is 2. The van der Waals surface area contributed by atoms with E-state index in [4.69, 9.17) is 5.11 Å². The van der Waals surface area contributed by atoms with Crippen LogP contribution in [0.3, 0.4) is 0 Å². The minimum atomic E-state index is -0.761. The molecule has 0 heterocycles. The minimum Gasteiger partial charge on any atom is -0.481 e. The maximum absolute atomic E-state index is 11.6. The first kappa shape index (κ1) is 16.0. The largest absolute Gasteiger partial charge is 0.481 e. The van der Waals surface area contributed by atoms with E-state index in [1.54, 1.807) is 0 Å². The fourth-order valence-electron chi connectivity index (χ4n) is 1.88. The lowest BCUT2D eigenvalue weighted by atomic mass is 9.84. The van der Waals surface area contributed by atoms with Gasteiger partial charge in [-0.1, -0.05) is 13.8 Å². The smallest absolute Gasteiger partial charge is 0.303 e. The van der Waals surface area contributed by atoms with Crippen molar-refractivity contribution < 1.29 is 14.7 Å². The monoisotopic (exact) mass is 270 g/mol. The van der Waals surface area contributed by atoms with Crippen LogP contribution >= 0.6 is 0 Å². The highest BCUT2D eigenvalue weighted by molar-refractivity contribution is 5.76. The number of carboxylic acid groups (broad SMARTS) is 1. The molecule has 3 N–H and O–H groups in total. The molecule has 0 saturated heterocycles. The zero-order chi connectivity index (χ0) is 14.3. The molecule has 5 heteroatoms. The van der Waals surface area contributed by atoms with Gasteiger partial charge in [-0.3, -0.25) is 9.59 Å². The van der Waals surface area contributed by atoms with E-state index in [1.807, 2.05) is 13.8 Å². The number of rotatable bonds is 10. The SMILES string of the molecule is CC(C)(CCNC(=O)CCNC1CC1)CCC(=O)O. The number of carbonyl (C=O) groups excluding carboxylic acids is 1.